The lowest BCUT2D eigenvalue weighted by atomic mass is 9.95. The number of hydrogen-bond acceptors (Lipinski definition) is 3. The van der Waals surface area contributed by atoms with Crippen molar-refractivity contribution >= 4 is 17.3 Å². The second-order valence-corrected chi connectivity index (χ2v) is 7.69. The third-order valence-electron chi connectivity index (χ3n) is 5.81. The Labute approximate surface area is 155 Å². The number of piperazine rings is 1. The molecule has 26 heavy (non-hydrogen) atoms. The van der Waals surface area contributed by atoms with Gasteiger partial charge in [0.2, 0.25) is 5.91 Å². The number of aryl methyl sites for hydroxylation is 1. The van der Waals surface area contributed by atoms with Crippen molar-refractivity contribution in [2.24, 2.45) is 0 Å². The number of benzene rings is 2. The van der Waals surface area contributed by atoms with Crippen LogP contribution in [-0.4, -0.2) is 44.0 Å². The third-order valence-corrected chi connectivity index (χ3v) is 5.81. The van der Waals surface area contributed by atoms with Crippen LogP contribution < -0.4 is 10.2 Å². The average molecular weight is 349 g/mol. The first-order valence-corrected chi connectivity index (χ1v) is 9.50. The normalized spacial score (nSPS) is 19.2. The Hall–Kier alpha value is -2.33. The first-order valence-electron chi connectivity index (χ1n) is 9.50. The summed E-state index contributed by atoms with van der Waals surface area (Å²) in [5.74, 6) is 0.121. The van der Waals surface area contributed by atoms with Crippen LogP contribution in [-0.2, 0) is 10.2 Å². The fourth-order valence-electron chi connectivity index (χ4n) is 3.92. The van der Waals surface area contributed by atoms with E-state index in [1.54, 1.807) is 0 Å². The van der Waals surface area contributed by atoms with Crippen LogP contribution >= 0.6 is 0 Å². The zero-order valence-corrected chi connectivity index (χ0v) is 15.7. The molecule has 1 aliphatic heterocycles. The zero-order valence-electron chi connectivity index (χ0n) is 15.7. The Bertz CT molecular complexity index is 790. The van der Waals surface area contributed by atoms with Gasteiger partial charge in [-0.05, 0) is 56.1 Å². The van der Waals surface area contributed by atoms with E-state index >= 15 is 0 Å². The number of nitrogens with one attached hydrogen (secondary N) is 1. The second-order valence-electron chi connectivity index (χ2n) is 7.69. The van der Waals surface area contributed by atoms with Crippen molar-refractivity contribution in [2.75, 3.05) is 43.4 Å². The minimum atomic E-state index is -0.328. The first kappa shape index (κ1) is 17.1. The summed E-state index contributed by atoms with van der Waals surface area (Å²) in [6.45, 7) is 6.43. The van der Waals surface area contributed by atoms with Gasteiger partial charge in [0.05, 0.1) is 5.41 Å². The van der Waals surface area contributed by atoms with Crippen molar-refractivity contribution in [3.63, 3.8) is 0 Å². The highest BCUT2D eigenvalue weighted by Crippen LogP contribution is 2.49. The summed E-state index contributed by atoms with van der Waals surface area (Å²) in [5, 5.41) is 3.16. The molecule has 2 aromatic rings. The molecule has 0 atom stereocenters. The van der Waals surface area contributed by atoms with Gasteiger partial charge in [-0.15, -0.1) is 0 Å². The van der Waals surface area contributed by atoms with Crippen LogP contribution in [0.5, 0.6) is 0 Å². The van der Waals surface area contributed by atoms with Crippen molar-refractivity contribution in [2.45, 2.75) is 25.2 Å². The summed E-state index contributed by atoms with van der Waals surface area (Å²) < 4.78 is 0. The molecule has 1 saturated carbocycles. The third kappa shape index (κ3) is 3.21. The predicted molar refractivity (Wildman–Crippen MR) is 107 cm³/mol. The lowest BCUT2D eigenvalue weighted by molar-refractivity contribution is -0.118. The number of carbonyl (C=O) groups excluding carboxylic acids is 1. The molecule has 0 radical (unpaired) electrons. The molecule has 136 valence electrons. The molecule has 1 aliphatic carbocycles. The summed E-state index contributed by atoms with van der Waals surface area (Å²) in [6, 6.07) is 16.4. The van der Waals surface area contributed by atoms with Crippen LogP contribution in [0, 0.1) is 6.92 Å². The molecule has 4 rings (SSSR count). The number of nitrogens with zero attached hydrogens (tertiary/aromatic N) is 2. The monoisotopic (exact) mass is 349 g/mol. The first-order chi connectivity index (χ1) is 12.6. The van der Waals surface area contributed by atoms with E-state index in [1.165, 1.54) is 11.3 Å². The largest absolute Gasteiger partial charge is 0.369 e. The minimum Gasteiger partial charge on any atom is -0.369 e. The van der Waals surface area contributed by atoms with Crippen molar-refractivity contribution in [3.05, 3.63) is 59.7 Å². The van der Waals surface area contributed by atoms with Gasteiger partial charge in [0.25, 0.3) is 0 Å². The van der Waals surface area contributed by atoms with Gasteiger partial charge in [-0.25, -0.2) is 0 Å². The van der Waals surface area contributed by atoms with Gasteiger partial charge in [-0.3, -0.25) is 4.79 Å². The zero-order chi connectivity index (χ0) is 18.1. The Morgan fingerprint density at radius 2 is 1.69 bits per heavy atom. The molecule has 1 amide bonds. The van der Waals surface area contributed by atoms with Crippen LogP contribution in [0.2, 0.25) is 0 Å². The highest BCUT2D eigenvalue weighted by molar-refractivity contribution is 6.01. The molecule has 0 aromatic heterocycles. The predicted octanol–water partition coefficient (Wildman–Crippen LogP) is 3.42. The summed E-state index contributed by atoms with van der Waals surface area (Å²) in [6.07, 6.45) is 1.86. The van der Waals surface area contributed by atoms with Gasteiger partial charge in [0.15, 0.2) is 0 Å². The lowest BCUT2D eigenvalue weighted by Crippen LogP contribution is -2.44. The van der Waals surface area contributed by atoms with Crippen LogP contribution in [0.25, 0.3) is 0 Å². The summed E-state index contributed by atoms with van der Waals surface area (Å²) in [7, 11) is 2.17. The second kappa shape index (κ2) is 6.76. The number of rotatable bonds is 4. The molecular weight excluding hydrogens is 322 g/mol. The number of anilines is 2. The molecule has 0 bridgehead atoms. The standard InChI is InChI=1S/C22H27N3O/c1-17-16-19(8-9-20(17)25-14-12-24(2)13-15-25)23-21(26)22(10-11-22)18-6-4-3-5-7-18/h3-9,16H,10-15H2,1-2H3,(H,23,26). The molecule has 0 unspecified atom stereocenters. The van der Waals surface area contributed by atoms with Gasteiger partial charge in [0, 0.05) is 37.6 Å². The maximum Gasteiger partial charge on any atom is 0.235 e. The van der Waals surface area contributed by atoms with Crippen LogP contribution in [0.4, 0.5) is 11.4 Å². The van der Waals surface area contributed by atoms with Crippen LogP contribution in [0.15, 0.2) is 48.5 Å². The minimum absolute atomic E-state index is 0.121. The van der Waals surface area contributed by atoms with E-state index in [0.29, 0.717) is 0 Å². The maximum atomic E-state index is 12.9. The quantitative estimate of drug-likeness (QED) is 0.919. The Balaban J connectivity index is 1.47. The van der Waals surface area contributed by atoms with Gasteiger partial charge < -0.3 is 15.1 Å². The molecular formula is C22H27N3O. The Morgan fingerprint density at radius 1 is 1.00 bits per heavy atom. The number of likely N-dealkylation sites (N-methyl/N-ethyl adjacent to an activating group) is 1. The molecule has 2 fully saturated rings. The van der Waals surface area contributed by atoms with Gasteiger partial charge in [-0.2, -0.15) is 0 Å². The van der Waals surface area contributed by atoms with Crippen LogP contribution in [0.1, 0.15) is 24.0 Å². The van der Waals surface area contributed by atoms with Gasteiger partial charge in [0.1, 0.15) is 0 Å². The van der Waals surface area contributed by atoms with Crippen molar-refractivity contribution in [1.29, 1.82) is 0 Å². The average Bonchev–Trinajstić information content (AvgIpc) is 3.46. The van der Waals surface area contributed by atoms with E-state index in [4.69, 9.17) is 0 Å². The Kier molecular flexibility index (Phi) is 4.45. The molecule has 4 heteroatoms. The SMILES string of the molecule is Cc1cc(NC(=O)C2(c3ccccc3)CC2)ccc1N1CCN(C)CC1. The molecule has 2 aromatic carbocycles. The molecule has 2 aliphatic rings. The van der Waals surface area contributed by atoms with E-state index in [1.807, 2.05) is 24.3 Å². The highest BCUT2D eigenvalue weighted by Gasteiger charge is 2.51. The molecule has 1 heterocycles. The van der Waals surface area contributed by atoms with Crippen LogP contribution in [0.3, 0.4) is 0 Å². The number of carbonyl (C=O) groups is 1. The van der Waals surface area contributed by atoms with Crippen molar-refractivity contribution < 1.29 is 4.79 Å². The Morgan fingerprint density at radius 3 is 2.31 bits per heavy atom. The number of hydrogen-bond donors (Lipinski definition) is 1. The fraction of sp³-hybridized carbons (Fsp3) is 0.409. The smallest absolute Gasteiger partial charge is 0.235 e. The van der Waals surface area contributed by atoms with E-state index in [9.17, 15) is 4.79 Å². The number of amides is 1. The molecule has 1 saturated heterocycles. The maximum absolute atomic E-state index is 12.9. The summed E-state index contributed by atoms with van der Waals surface area (Å²) in [5.41, 5.74) is 4.19. The van der Waals surface area contributed by atoms with Gasteiger partial charge >= 0.3 is 0 Å². The highest BCUT2D eigenvalue weighted by atomic mass is 16.2. The van der Waals surface area contributed by atoms with E-state index < -0.39 is 0 Å². The van der Waals surface area contributed by atoms with E-state index in [2.05, 4.69) is 53.4 Å². The molecule has 4 nitrogen and oxygen atoms in total. The van der Waals surface area contributed by atoms with Crippen molar-refractivity contribution in [1.82, 2.24) is 4.90 Å². The summed E-state index contributed by atoms with van der Waals surface area (Å²) >= 11 is 0. The molecule has 1 N–H and O–H groups in total. The van der Waals surface area contributed by atoms with Crippen molar-refractivity contribution in [3.8, 4) is 0 Å². The lowest BCUT2D eigenvalue weighted by Gasteiger charge is -2.35. The van der Waals surface area contributed by atoms with E-state index in [0.717, 1.165) is 50.3 Å². The fourth-order valence-corrected chi connectivity index (χ4v) is 3.92. The topological polar surface area (TPSA) is 35.6 Å². The van der Waals surface area contributed by atoms with Gasteiger partial charge in [-0.1, -0.05) is 30.3 Å². The molecule has 0 spiro atoms. The van der Waals surface area contributed by atoms with E-state index in [-0.39, 0.29) is 11.3 Å². The summed E-state index contributed by atoms with van der Waals surface area (Å²) in [4.78, 5) is 17.7.